The Kier molecular flexibility index (Phi) is 5.11. The van der Waals surface area contributed by atoms with Gasteiger partial charge in [-0.05, 0) is 38.5 Å². The number of carbonyl (C=O) groups excluding carboxylic acids is 2. The highest BCUT2D eigenvalue weighted by Crippen LogP contribution is 2.33. The molecule has 5 rings (SSSR count). The van der Waals surface area contributed by atoms with Crippen molar-refractivity contribution in [2.75, 3.05) is 24.5 Å². The number of aryl methyl sites for hydroxylation is 1. The van der Waals surface area contributed by atoms with Crippen molar-refractivity contribution in [3.05, 3.63) is 41.6 Å². The van der Waals surface area contributed by atoms with E-state index in [1.165, 1.54) is 11.3 Å². The third-order valence-electron chi connectivity index (χ3n) is 6.47. The van der Waals surface area contributed by atoms with E-state index in [-0.39, 0.29) is 23.8 Å². The highest BCUT2D eigenvalue weighted by molar-refractivity contribution is 5.89. The third kappa shape index (κ3) is 3.64. The zero-order valence-electron chi connectivity index (χ0n) is 17.1. The standard InChI is InChI=1S/C23H27N5O2/c29-22(26-19-9-12-24-23(19)30)16-10-13-28(14-11-16)21-17-7-4-8-18(17)25-20(27-21)15-5-2-1-3-6-15/h1-3,5-6,16,19H,4,7-14H2,(H,24,30)(H,26,29)/t19-/m0/s1. The molecule has 1 aromatic heterocycles. The van der Waals surface area contributed by atoms with Gasteiger partial charge in [-0.2, -0.15) is 0 Å². The van der Waals surface area contributed by atoms with Crippen LogP contribution in [0.25, 0.3) is 11.4 Å². The summed E-state index contributed by atoms with van der Waals surface area (Å²) in [5.41, 5.74) is 3.49. The van der Waals surface area contributed by atoms with Crippen LogP contribution in [0.2, 0.25) is 0 Å². The summed E-state index contributed by atoms with van der Waals surface area (Å²) in [5, 5.41) is 5.70. The summed E-state index contributed by atoms with van der Waals surface area (Å²) >= 11 is 0. The highest BCUT2D eigenvalue weighted by Gasteiger charge is 2.32. The third-order valence-corrected chi connectivity index (χ3v) is 6.47. The quantitative estimate of drug-likeness (QED) is 0.811. The number of piperidine rings is 1. The van der Waals surface area contributed by atoms with Crippen molar-refractivity contribution >= 4 is 17.6 Å². The molecule has 1 atom stereocenters. The minimum atomic E-state index is -0.367. The number of nitrogens with zero attached hydrogens (tertiary/aromatic N) is 3. The molecular formula is C23H27N5O2. The van der Waals surface area contributed by atoms with Crippen molar-refractivity contribution in [1.82, 2.24) is 20.6 Å². The molecule has 1 aliphatic carbocycles. The number of hydrogen-bond donors (Lipinski definition) is 2. The van der Waals surface area contributed by atoms with Gasteiger partial charge in [0, 0.05) is 42.4 Å². The number of benzene rings is 1. The van der Waals surface area contributed by atoms with Crippen LogP contribution in [0.15, 0.2) is 30.3 Å². The number of hydrogen-bond acceptors (Lipinski definition) is 5. The second kappa shape index (κ2) is 8.05. The summed E-state index contributed by atoms with van der Waals surface area (Å²) in [6, 6.07) is 9.77. The van der Waals surface area contributed by atoms with Gasteiger partial charge in [0.15, 0.2) is 5.82 Å². The second-order valence-corrected chi connectivity index (χ2v) is 8.42. The first-order chi connectivity index (χ1) is 14.7. The van der Waals surface area contributed by atoms with Crippen LogP contribution in [0.1, 0.15) is 36.9 Å². The summed E-state index contributed by atoms with van der Waals surface area (Å²) in [6.45, 7) is 2.24. The van der Waals surface area contributed by atoms with Gasteiger partial charge in [0.25, 0.3) is 0 Å². The van der Waals surface area contributed by atoms with Crippen LogP contribution in [0, 0.1) is 5.92 Å². The van der Waals surface area contributed by atoms with Gasteiger partial charge in [0.05, 0.1) is 0 Å². The Morgan fingerprint density at radius 3 is 2.60 bits per heavy atom. The summed E-state index contributed by atoms with van der Waals surface area (Å²) in [5.74, 6) is 1.74. The van der Waals surface area contributed by atoms with Gasteiger partial charge in [-0.15, -0.1) is 0 Å². The zero-order chi connectivity index (χ0) is 20.5. The summed E-state index contributed by atoms with van der Waals surface area (Å²) in [7, 11) is 0. The van der Waals surface area contributed by atoms with Crippen LogP contribution in [-0.2, 0) is 22.4 Å². The maximum atomic E-state index is 12.6. The minimum Gasteiger partial charge on any atom is -0.356 e. The van der Waals surface area contributed by atoms with Crippen molar-refractivity contribution < 1.29 is 9.59 Å². The van der Waals surface area contributed by atoms with Gasteiger partial charge in [0.1, 0.15) is 11.9 Å². The topological polar surface area (TPSA) is 87.2 Å². The molecule has 0 saturated carbocycles. The van der Waals surface area contributed by atoms with Crippen molar-refractivity contribution in [3.8, 4) is 11.4 Å². The first-order valence-electron chi connectivity index (χ1n) is 11.0. The molecule has 2 N–H and O–H groups in total. The zero-order valence-corrected chi connectivity index (χ0v) is 17.1. The molecule has 0 bridgehead atoms. The van der Waals surface area contributed by atoms with Crippen molar-refractivity contribution in [3.63, 3.8) is 0 Å². The van der Waals surface area contributed by atoms with Crippen LogP contribution in [0.3, 0.4) is 0 Å². The van der Waals surface area contributed by atoms with Crippen LogP contribution in [0.4, 0.5) is 5.82 Å². The van der Waals surface area contributed by atoms with Gasteiger partial charge in [-0.25, -0.2) is 9.97 Å². The Labute approximate surface area is 176 Å². The molecule has 7 heteroatoms. The van der Waals surface area contributed by atoms with Crippen molar-refractivity contribution in [2.24, 2.45) is 5.92 Å². The van der Waals surface area contributed by atoms with Crippen LogP contribution in [-0.4, -0.2) is 47.5 Å². The van der Waals surface area contributed by atoms with E-state index in [1.807, 2.05) is 18.2 Å². The first-order valence-corrected chi connectivity index (χ1v) is 11.0. The van der Waals surface area contributed by atoms with Gasteiger partial charge < -0.3 is 15.5 Å². The molecule has 2 saturated heterocycles. The Balaban J connectivity index is 1.31. The fourth-order valence-corrected chi connectivity index (χ4v) is 4.77. The van der Waals surface area contributed by atoms with E-state index in [0.717, 1.165) is 62.4 Å². The Morgan fingerprint density at radius 2 is 1.87 bits per heavy atom. The van der Waals surface area contributed by atoms with Crippen LogP contribution in [0.5, 0.6) is 0 Å². The fraction of sp³-hybridized carbons (Fsp3) is 0.478. The maximum absolute atomic E-state index is 12.6. The molecule has 2 fully saturated rings. The highest BCUT2D eigenvalue weighted by atomic mass is 16.2. The molecule has 2 aromatic rings. The molecule has 7 nitrogen and oxygen atoms in total. The van der Waals surface area contributed by atoms with Gasteiger partial charge >= 0.3 is 0 Å². The molecule has 2 aliphatic heterocycles. The monoisotopic (exact) mass is 405 g/mol. The molecule has 1 aromatic carbocycles. The predicted octanol–water partition coefficient (Wildman–Crippen LogP) is 1.85. The predicted molar refractivity (Wildman–Crippen MR) is 114 cm³/mol. The lowest BCUT2D eigenvalue weighted by Gasteiger charge is -2.33. The average Bonchev–Trinajstić information content (AvgIpc) is 3.42. The second-order valence-electron chi connectivity index (χ2n) is 8.42. The SMILES string of the molecule is O=C(N[C@H]1CCNC1=O)C1CCN(c2nc(-c3ccccc3)nc3c2CCC3)CC1. The van der Waals surface area contributed by atoms with E-state index in [2.05, 4.69) is 27.7 Å². The van der Waals surface area contributed by atoms with Crippen molar-refractivity contribution in [2.45, 2.75) is 44.6 Å². The normalized spacial score (nSPS) is 21.4. The van der Waals surface area contributed by atoms with Gasteiger partial charge in [-0.3, -0.25) is 9.59 Å². The molecule has 0 unspecified atom stereocenters. The van der Waals surface area contributed by atoms with E-state index in [4.69, 9.17) is 9.97 Å². The number of fused-ring (bicyclic) bond motifs is 1. The lowest BCUT2D eigenvalue weighted by atomic mass is 9.95. The molecule has 2 amide bonds. The fourth-order valence-electron chi connectivity index (χ4n) is 4.77. The van der Waals surface area contributed by atoms with E-state index in [9.17, 15) is 9.59 Å². The Bertz CT molecular complexity index is 954. The first kappa shape index (κ1) is 19.0. The average molecular weight is 406 g/mol. The van der Waals surface area contributed by atoms with E-state index >= 15 is 0 Å². The molecule has 0 radical (unpaired) electrons. The molecular weight excluding hydrogens is 378 g/mol. The van der Waals surface area contributed by atoms with Crippen LogP contribution >= 0.6 is 0 Å². The smallest absolute Gasteiger partial charge is 0.242 e. The summed E-state index contributed by atoms with van der Waals surface area (Å²) < 4.78 is 0. The molecule has 0 spiro atoms. The van der Waals surface area contributed by atoms with Crippen molar-refractivity contribution in [1.29, 1.82) is 0 Å². The minimum absolute atomic E-state index is 0.00888. The van der Waals surface area contributed by atoms with E-state index in [1.54, 1.807) is 0 Å². The molecule has 156 valence electrons. The largest absolute Gasteiger partial charge is 0.356 e. The number of aromatic nitrogens is 2. The van der Waals surface area contributed by atoms with E-state index in [0.29, 0.717) is 13.0 Å². The Morgan fingerprint density at radius 1 is 1.07 bits per heavy atom. The molecule has 30 heavy (non-hydrogen) atoms. The maximum Gasteiger partial charge on any atom is 0.242 e. The number of carbonyl (C=O) groups is 2. The number of anilines is 1. The molecule has 3 heterocycles. The molecule has 3 aliphatic rings. The summed E-state index contributed by atoms with van der Waals surface area (Å²) in [6.07, 6.45) is 5.39. The lowest BCUT2D eigenvalue weighted by molar-refractivity contribution is -0.130. The Hall–Kier alpha value is -2.96. The lowest BCUT2D eigenvalue weighted by Crippen LogP contribution is -2.46. The number of rotatable bonds is 4. The van der Waals surface area contributed by atoms with E-state index < -0.39 is 0 Å². The van der Waals surface area contributed by atoms with Gasteiger partial charge in [0.2, 0.25) is 11.8 Å². The number of nitrogens with one attached hydrogen (secondary N) is 2. The van der Waals surface area contributed by atoms with Gasteiger partial charge in [-0.1, -0.05) is 30.3 Å². The summed E-state index contributed by atoms with van der Waals surface area (Å²) in [4.78, 5) is 36.5. The van der Waals surface area contributed by atoms with Crippen LogP contribution < -0.4 is 15.5 Å². The number of amides is 2.